The smallest absolute Gasteiger partial charge is 0.340 e. The molecule has 1 aliphatic heterocycles. The van der Waals surface area contributed by atoms with Gasteiger partial charge in [-0.3, -0.25) is 14.4 Å². The van der Waals surface area contributed by atoms with E-state index in [2.05, 4.69) is 5.32 Å². The van der Waals surface area contributed by atoms with Crippen LogP contribution in [0.3, 0.4) is 0 Å². The fraction of sp³-hybridized carbons (Fsp3) is 0.357. The molecule has 4 rings (SSSR count). The molecule has 3 amide bonds. The van der Waals surface area contributed by atoms with E-state index in [0.717, 1.165) is 30.6 Å². The van der Waals surface area contributed by atoms with Crippen LogP contribution >= 0.6 is 11.6 Å². The summed E-state index contributed by atoms with van der Waals surface area (Å²) in [5.41, 5.74) is 1.10. The Morgan fingerprint density at radius 1 is 1.03 bits per heavy atom. The molecule has 0 spiro atoms. The quantitative estimate of drug-likeness (QED) is 0.382. The molecule has 2 aromatic rings. The second kappa shape index (κ2) is 11.6. The van der Waals surface area contributed by atoms with Crippen molar-refractivity contribution in [3.63, 3.8) is 0 Å². The molecule has 0 radical (unpaired) electrons. The molecule has 1 fully saturated rings. The van der Waals surface area contributed by atoms with Gasteiger partial charge in [-0.05, 0) is 55.7 Å². The number of amides is 3. The number of carbonyl (C=O) groups is 4. The highest BCUT2D eigenvalue weighted by Gasteiger charge is 2.40. The molecule has 0 unspecified atom stereocenters. The van der Waals surface area contributed by atoms with Crippen molar-refractivity contribution in [2.45, 2.75) is 51.5 Å². The number of anilines is 2. The summed E-state index contributed by atoms with van der Waals surface area (Å²) in [6.07, 6.45) is 6.15. The van der Waals surface area contributed by atoms with E-state index in [1.54, 1.807) is 41.3 Å². The van der Waals surface area contributed by atoms with Crippen LogP contribution in [0.25, 0.3) is 0 Å². The molecule has 0 atom stereocenters. The first-order valence-electron chi connectivity index (χ1n) is 12.5. The van der Waals surface area contributed by atoms with Crippen molar-refractivity contribution in [2.75, 3.05) is 23.9 Å². The number of hydrogen-bond acceptors (Lipinski definition) is 6. The average Bonchev–Trinajstić information content (AvgIpc) is 3.14. The van der Waals surface area contributed by atoms with Gasteiger partial charge in [-0.25, -0.2) is 9.69 Å². The van der Waals surface area contributed by atoms with Gasteiger partial charge in [0.25, 0.3) is 17.7 Å². The van der Waals surface area contributed by atoms with E-state index in [1.807, 2.05) is 14.0 Å². The largest absolute Gasteiger partial charge is 0.462 e. The van der Waals surface area contributed by atoms with Gasteiger partial charge in [0.2, 0.25) is 0 Å². The predicted molar refractivity (Wildman–Crippen MR) is 141 cm³/mol. The first-order valence-corrected chi connectivity index (χ1v) is 12.9. The van der Waals surface area contributed by atoms with Gasteiger partial charge >= 0.3 is 5.97 Å². The summed E-state index contributed by atoms with van der Waals surface area (Å²) in [5.74, 6) is -2.12. The number of nitrogens with zero attached hydrogens (tertiary/aromatic N) is 2. The third-order valence-electron chi connectivity index (χ3n) is 6.67. The number of halogens is 1. The summed E-state index contributed by atoms with van der Waals surface area (Å²) in [6.45, 7) is 2.08. The Kier molecular flexibility index (Phi) is 8.28. The molecule has 1 saturated carbocycles. The summed E-state index contributed by atoms with van der Waals surface area (Å²) >= 11 is 6.27. The highest BCUT2D eigenvalue weighted by Crippen LogP contribution is 2.32. The van der Waals surface area contributed by atoms with Crippen molar-refractivity contribution in [3.8, 4) is 0 Å². The molecule has 1 heterocycles. The maximum absolute atomic E-state index is 13.2. The molecule has 8 nitrogen and oxygen atoms in total. The Hall–Kier alpha value is -3.65. The van der Waals surface area contributed by atoms with Crippen LogP contribution in [-0.2, 0) is 14.3 Å². The lowest BCUT2D eigenvalue weighted by molar-refractivity contribution is -0.120. The third-order valence-corrected chi connectivity index (χ3v) is 7.02. The van der Waals surface area contributed by atoms with Crippen molar-refractivity contribution in [3.05, 3.63) is 70.4 Å². The molecule has 194 valence electrons. The lowest BCUT2D eigenvalue weighted by Gasteiger charge is -2.31. The van der Waals surface area contributed by atoms with Crippen LogP contribution in [0.2, 0.25) is 0 Å². The van der Waals surface area contributed by atoms with Crippen LogP contribution in [0.1, 0.15) is 66.2 Å². The van der Waals surface area contributed by atoms with Crippen molar-refractivity contribution in [1.82, 2.24) is 4.90 Å². The monoisotopic (exact) mass is 523 g/mol. The zero-order valence-electron chi connectivity index (χ0n) is 21.0. The van der Waals surface area contributed by atoms with Crippen LogP contribution in [0.5, 0.6) is 0 Å². The number of carbonyl (C=O) groups excluding carboxylic acids is 4. The molecule has 2 aromatic carbocycles. The van der Waals surface area contributed by atoms with Crippen LogP contribution in [-0.4, -0.2) is 48.3 Å². The van der Waals surface area contributed by atoms with Crippen LogP contribution < -0.4 is 10.2 Å². The van der Waals surface area contributed by atoms with Crippen LogP contribution in [0.15, 0.2) is 59.3 Å². The van der Waals surface area contributed by atoms with E-state index in [1.165, 1.54) is 18.6 Å². The van der Waals surface area contributed by atoms with E-state index < -0.39 is 17.8 Å². The lowest BCUT2D eigenvalue weighted by Crippen LogP contribution is -2.38. The van der Waals surface area contributed by atoms with Crippen LogP contribution in [0.4, 0.5) is 11.4 Å². The Morgan fingerprint density at radius 2 is 1.70 bits per heavy atom. The van der Waals surface area contributed by atoms with E-state index in [0.29, 0.717) is 17.7 Å². The number of rotatable bonds is 8. The number of esters is 1. The summed E-state index contributed by atoms with van der Waals surface area (Å²) in [4.78, 5) is 54.3. The first-order chi connectivity index (χ1) is 17.8. The maximum Gasteiger partial charge on any atom is 0.340 e. The third kappa shape index (κ3) is 5.54. The van der Waals surface area contributed by atoms with Crippen LogP contribution in [0, 0.1) is 0 Å². The minimum absolute atomic E-state index is 0.0550. The Labute approximate surface area is 221 Å². The van der Waals surface area contributed by atoms with Gasteiger partial charge in [-0.15, -0.1) is 0 Å². The van der Waals surface area contributed by atoms with Gasteiger partial charge < -0.3 is 15.0 Å². The average molecular weight is 524 g/mol. The Morgan fingerprint density at radius 3 is 2.38 bits per heavy atom. The summed E-state index contributed by atoms with van der Waals surface area (Å²) in [5, 5.41) is 2.61. The molecule has 0 aromatic heterocycles. The minimum Gasteiger partial charge on any atom is -0.462 e. The second-order valence-corrected chi connectivity index (χ2v) is 9.58. The van der Waals surface area contributed by atoms with Gasteiger partial charge in [0, 0.05) is 24.3 Å². The molecule has 0 bridgehead atoms. The number of para-hydroxylation sites is 1. The fourth-order valence-corrected chi connectivity index (χ4v) is 4.83. The number of ether oxygens (including phenoxy) is 1. The van der Waals surface area contributed by atoms with E-state index >= 15 is 0 Å². The highest BCUT2D eigenvalue weighted by atomic mass is 35.5. The summed E-state index contributed by atoms with van der Waals surface area (Å²) < 4.78 is 5.20. The highest BCUT2D eigenvalue weighted by molar-refractivity contribution is 6.53. The second-order valence-electron chi connectivity index (χ2n) is 9.20. The van der Waals surface area contributed by atoms with Crippen molar-refractivity contribution in [2.24, 2.45) is 0 Å². The molecular weight excluding hydrogens is 494 g/mol. The number of benzene rings is 2. The van der Waals surface area contributed by atoms with Crippen molar-refractivity contribution >= 4 is 46.7 Å². The maximum atomic E-state index is 13.2. The zero-order chi connectivity index (χ0) is 26.5. The van der Waals surface area contributed by atoms with E-state index in [-0.39, 0.29) is 40.5 Å². The summed E-state index contributed by atoms with van der Waals surface area (Å²) in [7, 11) is 1.84. The summed E-state index contributed by atoms with van der Waals surface area (Å²) in [6, 6.07) is 13.2. The van der Waals surface area contributed by atoms with Gasteiger partial charge in [0.1, 0.15) is 10.7 Å². The number of hydrogen-bond donors (Lipinski definition) is 1. The lowest BCUT2D eigenvalue weighted by atomic mass is 9.94. The van der Waals surface area contributed by atoms with E-state index in [9.17, 15) is 19.2 Å². The number of nitrogens with one attached hydrogen (secondary N) is 1. The first kappa shape index (κ1) is 26.4. The standard InChI is InChI=1S/C28H30ClN3O5/c1-3-17-37-28(36)21-11-7-8-12-22(21)32-26(34)23(29)24(27(32)35)30-19-15-13-18(14-16-19)25(33)31(2)20-9-5-4-6-10-20/h7-8,11-16,20,30H,3-6,9-10,17H2,1-2H3. The predicted octanol–water partition coefficient (Wildman–Crippen LogP) is 5.09. The molecule has 37 heavy (non-hydrogen) atoms. The molecule has 1 aliphatic carbocycles. The number of imide groups is 1. The molecule has 1 N–H and O–H groups in total. The molecule has 9 heteroatoms. The molecular formula is C28H30ClN3O5. The van der Waals surface area contributed by atoms with Crippen molar-refractivity contribution in [1.29, 1.82) is 0 Å². The fourth-order valence-electron chi connectivity index (χ4n) is 4.62. The minimum atomic E-state index is -0.745. The normalized spacial score (nSPS) is 16.2. The van der Waals surface area contributed by atoms with Gasteiger partial charge in [-0.2, -0.15) is 0 Å². The van der Waals surface area contributed by atoms with Gasteiger partial charge in [0.05, 0.1) is 17.9 Å². The molecule has 2 aliphatic rings. The zero-order valence-corrected chi connectivity index (χ0v) is 21.7. The SMILES string of the molecule is CCCOC(=O)c1ccccc1N1C(=O)C(Cl)=C(Nc2ccc(C(=O)N(C)C3CCCCC3)cc2)C1=O. The Bertz CT molecular complexity index is 1230. The van der Waals surface area contributed by atoms with E-state index in [4.69, 9.17) is 16.3 Å². The molecule has 0 saturated heterocycles. The van der Waals surface area contributed by atoms with Crippen molar-refractivity contribution < 1.29 is 23.9 Å². The van der Waals surface area contributed by atoms with Gasteiger partial charge in [-0.1, -0.05) is 49.9 Å². The van der Waals surface area contributed by atoms with Gasteiger partial charge in [0.15, 0.2) is 0 Å². The Balaban J connectivity index is 1.49. The topological polar surface area (TPSA) is 96.0 Å².